The van der Waals surface area contributed by atoms with Crippen molar-refractivity contribution < 1.29 is 4.74 Å². The zero-order chi connectivity index (χ0) is 15.8. The van der Waals surface area contributed by atoms with Gasteiger partial charge in [0.15, 0.2) is 0 Å². The highest BCUT2D eigenvalue weighted by Gasteiger charge is 2.39. The maximum atomic E-state index is 6.24. The van der Waals surface area contributed by atoms with Crippen LogP contribution in [0.25, 0.3) is 0 Å². The van der Waals surface area contributed by atoms with Crippen LogP contribution in [0, 0.1) is 5.92 Å². The third-order valence-corrected chi connectivity index (χ3v) is 5.22. The van der Waals surface area contributed by atoms with Gasteiger partial charge in [-0.2, -0.15) is 0 Å². The molecule has 120 valence electrons. The first-order valence-electron chi connectivity index (χ1n) is 8.66. The fourth-order valence-corrected chi connectivity index (χ4v) is 3.95. The summed E-state index contributed by atoms with van der Waals surface area (Å²) in [7, 11) is 0. The Bertz CT molecular complexity index is 683. The first kappa shape index (κ1) is 14.7. The lowest BCUT2D eigenvalue weighted by molar-refractivity contribution is -0.0381. The first-order chi connectivity index (χ1) is 11.2. The predicted octanol–water partition coefficient (Wildman–Crippen LogP) is 4.84. The number of hydrogen-bond acceptors (Lipinski definition) is 3. The minimum Gasteiger partial charge on any atom is -0.378 e. The van der Waals surface area contributed by atoms with Crippen LogP contribution in [0.1, 0.15) is 61.4 Å². The number of fused-ring (bicyclic) bond motifs is 3. The molecule has 0 radical (unpaired) electrons. The van der Waals surface area contributed by atoms with Crippen LogP contribution < -0.4 is 5.32 Å². The van der Waals surface area contributed by atoms with E-state index in [9.17, 15) is 0 Å². The molecule has 2 aliphatic rings. The highest BCUT2D eigenvalue weighted by atomic mass is 16.5. The standard InChI is InChI=1S/C20H24N2O/c1-13(2)15-5-6-18-17(12-15)20-16(4-3-11-23-20)19(22-18)14-7-9-21-10-8-14/h5-10,12-13,16,19-20,22H,3-4,11H2,1-2H3. The summed E-state index contributed by atoms with van der Waals surface area (Å²) in [5.74, 6) is 1.03. The van der Waals surface area contributed by atoms with Gasteiger partial charge in [-0.15, -0.1) is 0 Å². The summed E-state index contributed by atoms with van der Waals surface area (Å²) < 4.78 is 6.24. The van der Waals surface area contributed by atoms with Crippen molar-refractivity contribution in [2.75, 3.05) is 11.9 Å². The first-order valence-corrected chi connectivity index (χ1v) is 8.66. The largest absolute Gasteiger partial charge is 0.378 e. The van der Waals surface area contributed by atoms with Gasteiger partial charge in [0.1, 0.15) is 0 Å². The Kier molecular flexibility index (Phi) is 3.82. The summed E-state index contributed by atoms with van der Waals surface area (Å²) in [6.07, 6.45) is 6.32. The molecule has 2 aromatic rings. The van der Waals surface area contributed by atoms with Gasteiger partial charge in [-0.1, -0.05) is 26.0 Å². The third kappa shape index (κ3) is 2.63. The number of aromatic nitrogens is 1. The van der Waals surface area contributed by atoms with Gasteiger partial charge in [0.25, 0.3) is 0 Å². The van der Waals surface area contributed by atoms with Crippen LogP contribution in [0.15, 0.2) is 42.7 Å². The minimum atomic E-state index is 0.205. The van der Waals surface area contributed by atoms with Gasteiger partial charge in [-0.3, -0.25) is 4.98 Å². The Morgan fingerprint density at radius 2 is 2.00 bits per heavy atom. The smallest absolute Gasteiger partial charge is 0.0895 e. The SMILES string of the molecule is CC(C)c1ccc2c(c1)C1OCCCC1C(c1ccncc1)N2. The van der Waals surface area contributed by atoms with E-state index in [2.05, 4.69) is 54.5 Å². The van der Waals surface area contributed by atoms with Crippen molar-refractivity contribution in [3.8, 4) is 0 Å². The molecule has 1 saturated heterocycles. The van der Waals surface area contributed by atoms with E-state index in [4.69, 9.17) is 4.74 Å². The fourth-order valence-electron chi connectivity index (χ4n) is 3.95. The average Bonchev–Trinajstić information content (AvgIpc) is 2.61. The Balaban J connectivity index is 1.77. The van der Waals surface area contributed by atoms with E-state index in [1.807, 2.05) is 12.4 Å². The number of nitrogens with zero attached hydrogens (tertiary/aromatic N) is 1. The van der Waals surface area contributed by atoms with Crippen LogP contribution in [0.2, 0.25) is 0 Å². The summed E-state index contributed by atoms with van der Waals surface area (Å²) in [6.45, 7) is 5.36. The number of hydrogen-bond donors (Lipinski definition) is 1. The van der Waals surface area contributed by atoms with Crippen molar-refractivity contribution in [3.63, 3.8) is 0 Å². The summed E-state index contributed by atoms with van der Waals surface area (Å²) in [6, 6.07) is 11.4. The lowest BCUT2D eigenvalue weighted by atomic mass is 9.77. The van der Waals surface area contributed by atoms with Gasteiger partial charge < -0.3 is 10.1 Å². The second-order valence-electron chi connectivity index (χ2n) is 7.00. The summed E-state index contributed by atoms with van der Waals surface area (Å²) in [5.41, 5.74) is 5.26. The molecule has 1 aromatic carbocycles. The predicted molar refractivity (Wildman–Crippen MR) is 92.5 cm³/mol. The van der Waals surface area contributed by atoms with Crippen LogP contribution in [-0.4, -0.2) is 11.6 Å². The molecule has 3 atom stereocenters. The molecule has 3 heterocycles. The average molecular weight is 308 g/mol. The normalized spacial score (nSPS) is 26.3. The second-order valence-corrected chi connectivity index (χ2v) is 7.00. The van der Waals surface area contributed by atoms with Gasteiger partial charge in [-0.05, 0) is 48.1 Å². The van der Waals surface area contributed by atoms with Crippen molar-refractivity contribution in [2.45, 2.75) is 44.8 Å². The fraction of sp³-hybridized carbons (Fsp3) is 0.450. The highest BCUT2D eigenvalue weighted by Crippen LogP contribution is 2.49. The van der Waals surface area contributed by atoms with E-state index in [1.54, 1.807) is 0 Å². The van der Waals surface area contributed by atoms with Gasteiger partial charge in [0, 0.05) is 36.2 Å². The molecule has 0 aliphatic carbocycles. The Labute approximate surface area is 138 Å². The second kappa shape index (κ2) is 5.97. The van der Waals surface area contributed by atoms with E-state index in [0.717, 1.165) is 13.0 Å². The maximum absolute atomic E-state index is 6.24. The molecular formula is C20H24N2O. The molecule has 0 bridgehead atoms. The summed E-state index contributed by atoms with van der Waals surface area (Å²) >= 11 is 0. The van der Waals surface area contributed by atoms with E-state index in [1.165, 1.54) is 28.8 Å². The van der Waals surface area contributed by atoms with Crippen molar-refractivity contribution in [1.29, 1.82) is 0 Å². The number of ether oxygens (including phenoxy) is 1. The van der Waals surface area contributed by atoms with Crippen molar-refractivity contribution >= 4 is 5.69 Å². The van der Waals surface area contributed by atoms with E-state index >= 15 is 0 Å². The lowest BCUT2D eigenvalue weighted by Crippen LogP contribution is -2.36. The minimum absolute atomic E-state index is 0.205. The van der Waals surface area contributed by atoms with Crippen LogP contribution >= 0.6 is 0 Å². The number of rotatable bonds is 2. The third-order valence-electron chi connectivity index (χ3n) is 5.22. The monoisotopic (exact) mass is 308 g/mol. The van der Waals surface area contributed by atoms with E-state index in [0.29, 0.717) is 17.9 Å². The van der Waals surface area contributed by atoms with Crippen LogP contribution in [0.4, 0.5) is 5.69 Å². The molecule has 0 amide bonds. The topological polar surface area (TPSA) is 34.1 Å². The molecule has 1 aromatic heterocycles. The quantitative estimate of drug-likeness (QED) is 0.862. The molecule has 23 heavy (non-hydrogen) atoms. The van der Waals surface area contributed by atoms with Crippen molar-refractivity contribution in [1.82, 2.24) is 4.98 Å². The Morgan fingerprint density at radius 1 is 1.17 bits per heavy atom. The number of anilines is 1. The molecule has 0 spiro atoms. The molecule has 0 saturated carbocycles. The molecule has 3 heteroatoms. The van der Waals surface area contributed by atoms with Crippen LogP contribution in [0.5, 0.6) is 0 Å². The van der Waals surface area contributed by atoms with Crippen LogP contribution in [-0.2, 0) is 4.74 Å². The Hall–Kier alpha value is -1.87. The number of pyridine rings is 1. The molecular weight excluding hydrogens is 284 g/mol. The van der Waals surface area contributed by atoms with Crippen molar-refractivity contribution in [3.05, 3.63) is 59.4 Å². The lowest BCUT2D eigenvalue weighted by Gasteiger charge is -2.43. The zero-order valence-electron chi connectivity index (χ0n) is 13.8. The molecule has 3 nitrogen and oxygen atoms in total. The summed E-state index contributed by atoms with van der Waals surface area (Å²) in [5, 5.41) is 3.77. The van der Waals surface area contributed by atoms with Crippen molar-refractivity contribution in [2.24, 2.45) is 5.92 Å². The van der Waals surface area contributed by atoms with Gasteiger partial charge in [0.05, 0.1) is 12.1 Å². The van der Waals surface area contributed by atoms with Crippen LogP contribution in [0.3, 0.4) is 0 Å². The molecule has 1 fully saturated rings. The molecule has 3 unspecified atom stereocenters. The molecule has 1 N–H and O–H groups in total. The van der Waals surface area contributed by atoms with Gasteiger partial charge in [0.2, 0.25) is 0 Å². The van der Waals surface area contributed by atoms with E-state index in [-0.39, 0.29) is 6.10 Å². The van der Waals surface area contributed by atoms with Gasteiger partial charge in [-0.25, -0.2) is 0 Å². The Morgan fingerprint density at radius 3 is 2.78 bits per heavy atom. The molecule has 2 aliphatic heterocycles. The van der Waals surface area contributed by atoms with Gasteiger partial charge >= 0.3 is 0 Å². The highest BCUT2D eigenvalue weighted by molar-refractivity contribution is 5.58. The molecule has 4 rings (SSSR count). The number of benzene rings is 1. The summed E-state index contributed by atoms with van der Waals surface area (Å²) in [4.78, 5) is 4.16. The number of nitrogens with one attached hydrogen (secondary N) is 1. The maximum Gasteiger partial charge on any atom is 0.0895 e. The zero-order valence-corrected chi connectivity index (χ0v) is 13.8. The van der Waals surface area contributed by atoms with E-state index < -0.39 is 0 Å².